The van der Waals surface area contributed by atoms with Crippen molar-refractivity contribution in [2.45, 2.75) is 37.2 Å². The van der Waals surface area contributed by atoms with E-state index >= 15 is 0 Å². The Labute approximate surface area is 197 Å². The molecule has 2 N–H and O–H groups in total. The van der Waals surface area contributed by atoms with Crippen LogP contribution in [0, 0.1) is 20.8 Å². The van der Waals surface area contributed by atoms with E-state index in [-0.39, 0.29) is 11.9 Å². The number of benzene rings is 3. The summed E-state index contributed by atoms with van der Waals surface area (Å²) in [6, 6.07) is 23.9. The number of carbonyl (C=O) groups excluding carboxylic acids is 1. The van der Waals surface area contributed by atoms with E-state index in [1.165, 1.54) is 17.3 Å². The number of rotatable bonds is 4. The minimum absolute atomic E-state index is 0.0673. The van der Waals surface area contributed by atoms with Gasteiger partial charge < -0.3 is 10.7 Å². The maximum absolute atomic E-state index is 13.5. The Balaban J connectivity index is 1.52. The molecular weight excluding hydrogens is 430 g/mol. The Kier molecular flexibility index (Phi) is 5.64. The highest BCUT2D eigenvalue weighted by Crippen LogP contribution is 2.39. The minimum Gasteiger partial charge on any atom is -0.325 e. The number of anilines is 1. The zero-order valence-corrected chi connectivity index (χ0v) is 19.6. The van der Waals surface area contributed by atoms with Gasteiger partial charge in [0, 0.05) is 11.3 Å². The van der Waals surface area contributed by atoms with Crippen molar-refractivity contribution in [2.24, 2.45) is 0 Å². The number of amides is 1. The summed E-state index contributed by atoms with van der Waals surface area (Å²) in [4.78, 5) is 13.5. The highest BCUT2D eigenvalue weighted by atomic mass is 32.2. The van der Waals surface area contributed by atoms with Crippen molar-refractivity contribution >= 4 is 23.4 Å². The molecule has 2 atom stereocenters. The maximum Gasteiger partial charge on any atom is 0.240 e. The molecule has 0 radical (unpaired) electrons. The van der Waals surface area contributed by atoms with Crippen LogP contribution in [0.1, 0.15) is 28.3 Å². The van der Waals surface area contributed by atoms with E-state index < -0.39 is 5.25 Å². The molecule has 0 saturated carbocycles. The Morgan fingerprint density at radius 3 is 2.45 bits per heavy atom. The SMILES string of the molecule is Cc1ccc([C@@H]2Nn3c(nnc3-c3ccccc3)S[C@@H]2C(=O)Nc2cccc(C)c2C)cc1. The zero-order valence-electron chi connectivity index (χ0n) is 18.7. The van der Waals surface area contributed by atoms with Gasteiger partial charge in [-0.3, -0.25) is 4.79 Å². The van der Waals surface area contributed by atoms with Gasteiger partial charge in [0.2, 0.25) is 11.1 Å². The first kappa shape index (κ1) is 21.3. The smallest absolute Gasteiger partial charge is 0.240 e. The van der Waals surface area contributed by atoms with Gasteiger partial charge in [-0.2, -0.15) is 0 Å². The van der Waals surface area contributed by atoms with Crippen LogP contribution in [0.4, 0.5) is 5.69 Å². The fourth-order valence-corrected chi connectivity index (χ4v) is 5.02. The van der Waals surface area contributed by atoms with Crippen LogP contribution in [0.15, 0.2) is 78.0 Å². The van der Waals surface area contributed by atoms with Gasteiger partial charge >= 0.3 is 0 Å². The molecule has 1 aromatic heterocycles. The molecule has 0 saturated heterocycles. The van der Waals surface area contributed by atoms with E-state index in [0.29, 0.717) is 5.16 Å². The number of nitrogens with zero attached hydrogens (tertiary/aromatic N) is 3. The van der Waals surface area contributed by atoms with Crippen LogP contribution in [-0.2, 0) is 4.79 Å². The molecule has 2 heterocycles. The molecule has 0 fully saturated rings. The van der Waals surface area contributed by atoms with Crippen molar-refractivity contribution in [3.05, 3.63) is 95.1 Å². The van der Waals surface area contributed by atoms with Gasteiger partial charge in [0.25, 0.3) is 0 Å². The first-order chi connectivity index (χ1) is 16.0. The summed E-state index contributed by atoms with van der Waals surface area (Å²) in [7, 11) is 0. The predicted octanol–water partition coefficient (Wildman–Crippen LogP) is 5.27. The van der Waals surface area contributed by atoms with Crippen LogP contribution in [0.25, 0.3) is 11.4 Å². The summed E-state index contributed by atoms with van der Waals surface area (Å²) >= 11 is 1.43. The average Bonchev–Trinajstić information content (AvgIpc) is 3.25. The number of hydrogen-bond donors (Lipinski definition) is 2. The second-order valence-electron chi connectivity index (χ2n) is 8.30. The van der Waals surface area contributed by atoms with Gasteiger partial charge in [0.05, 0.1) is 6.04 Å². The van der Waals surface area contributed by atoms with Crippen molar-refractivity contribution in [3.8, 4) is 11.4 Å². The van der Waals surface area contributed by atoms with Gasteiger partial charge in [-0.15, -0.1) is 10.2 Å². The first-order valence-corrected chi connectivity index (χ1v) is 11.8. The molecule has 0 unspecified atom stereocenters. The van der Waals surface area contributed by atoms with Crippen LogP contribution >= 0.6 is 11.8 Å². The zero-order chi connectivity index (χ0) is 22.9. The van der Waals surface area contributed by atoms with Gasteiger partial charge in [0.1, 0.15) is 5.25 Å². The lowest BCUT2D eigenvalue weighted by molar-refractivity contribution is -0.116. The number of carbonyl (C=O) groups is 1. The molecule has 1 aliphatic rings. The molecule has 0 aliphatic carbocycles. The summed E-state index contributed by atoms with van der Waals surface area (Å²) in [6.07, 6.45) is 0. The molecule has 6 nitrogen and oxygen atoms in total. The third-order valence-corrected chi connectivity index (χ3v) is 7.24. The van der Waals surface area contributed by atoms with E-state index in [2.05, 4.69) is 52.1 Å². The lowest BCUT2D eigenvalue weighted by Gasteiger charge is -2.33. The summed E-state index contributed by atoms with van der Waals surface area (Å²) in [5.74, 6) is 0.658. The van der Waals surface area contributed by atoms with Crippen molar-refractivity contribution in [1.29, 1.82) is 0 Å². The van der Waals surface area contributed by atoms with Crippen molar-refractivity contribution < 1.29 is 4.79 Å². The molecule has 5 rings (SSSR count). The second kappa shape index (κ2) is 8.75. The molecular formula is C26H25N5OS. The Bertz CT molecular complexity index is 1300. The highest BCUT2D eigenvalue weighted by Gasteiger charge is 2.38. The molecule has 1 aliphatic heterocycles. The van der Waals surface area contributed by atoms with Gasteiger partial charge in [-0.1, -0.05) is 84.1 Å². The summed E-state index contributed by atoms with van der Waals surface area (Å²) in [5, 5.41) is 12.2. The topological polar surface area (TPSA) is 71.8 Å². The average molecular weight is 456 g/mol. The number of fused-ring (bicyclic) bond motifs is 1. The molecule has 0 spiro atoms. The molecule has 1 amide bonds. The van der Waals surface area contributed by atoms with Crippen LogP contribution in [0.5, 0.6) is 0 Å². The number of hydrogen-bond acceptors (Lipinski definition) is 5. The normalized spacial score (nSPS) is 17.2. The molecule has 3 aromatic carbocycles. The van der Waals surface area contributed by atoms with Crippen molar-refractivity contribution in [3.63, 3.8) is 0 Å². The largest absolute Gasteiger partial charge is 0.325 e. The fourth-order valence-electron chi connectivity index (χ4n) is 3.94. The van der Waals surface area contributed by atoms with Gasteiger partial charge in [-0.25, -0.2) is 4.68 Å². The van der Waals surface area contributed by atoms with Crippen LogP contribution in [0.2, 0.25) is 0 Å². The number of nitrogens with one attached hydrogen (secondary N) is 2. The lowest BCUT2D eigenvalue weighted by Crippen LogP contribution is -2.41. The third-order valence-electron chi connectivity index (χ3n) is 6.03. The Morgan fingerprint density at radius 1 is 0.939 bits per heavy atom. The number of aromatic nitrogens is 3. The second-order valence-corrected chi connectivity index (χ2v) is 9.41. The fraction of sp³-hybridized carbons (Fsp3) is 0.192. The molecule has 0 bridgehead atoms. The standard InChI is InChI=1S/C26H25N5OS/c1-16-12-14-19(15-13-16)22-23(25(32)27-21-11-7-8-17(2)18(21)3)33-26-29-28-24(31(26)30-22)20-9-5-4-6-10-20/h4-15,22-23,30H,1-3H3,(H,27,32)/t22-,23-/m0/s1. The number of aryl methyl sites for hydroxylation is 2. The van der Waals surface area contributed by atoms with Crippen molar-refractivity contribution in [2.75, 3.05) is 10.7 Å². The molecule has 4 aromatic rings. The van der Waals surface area contributed by atoms with Crippen LogP contribution in [-0.4, -0.2) is 26.0 Å². The summed E-state index contributed by atoms with van der Waals surface area (Å²) in [5.41, 5.74) is 9.75. The van der Waals surface area contributed by atoms with E-state index in [9.17, 15) is 4.79 Å². The quantitative estimate of drug-likeness (QED) is 0.439. The Hall–Kier alpha value is -3.58. The Morgan fingerprint density at radius 2 is 1.70 bits per heavy atom. The molecule has 33 heavy (non-hydrogen) atoms. The minimum atomic E-state index is -0.423. The monoisotopic (exact) mass is 455 g/mol. The summed E-state index contributed by atoms with van der Waals surface area (Å²) < 4.78 is 1.90. The maximum atomic E-state index is 13.5. The third kappa shape index (κ3) is 4.12. The van der Waals surface area contributed by atoms with Crippen LogP contribution in [0.3, 0.4) is 0 Å². The molecule has 7 heteroatoms. The van der Waals surface area contributed by atoms with Crippen molar-refractivity contribution in [1.82, 2.24) is 14.9 Å². The molecule has 166 valence electrons. The van der Waals surface area contributed by atoms with Gasteiger partial charge in [-0.05, 0) is 43.5 Å². The lowest BCUT2D eigenvalue weighted by atomic mass is 10.0. The van der Waals surface area contributed by atoms with E-state index in [1.54, 1.807) is 0 Å². The van der Waals surface area contributed by atoms with E-state index in [0.717, 1.165) is 33.8 Å². The van der Waals surface area contributed by atoms with Gasteiger partial charge in [0.15, 0.2) is 5.82 Å². The highest BCUT2D eigenvalue weighted by molar-refractivity contribution is 8.00. The number of thioether (sulfide) groups is 1. The van der Waals surface area contributed by atoms with E-state index in [4.69, 9.17) is 0 Å². The summed E-state index contributed by atoms with van der Waals surface area (Å²) in [6.45, 7) is 6.13. The van der Waals surface area contributed by atoms with Crippen LogP contribution < -0.4 is 10.7 Å². The predicted molar refractivity (Wildman–Crippen MR) is 133 cm³/mol. The van der Waals surface area contributed by atoms with E-state index in [1.807, 2.05) is 67.1 Å². The first-order valence-electron chi connectivity index (χ1n) is 10.9.